The van der Waals surface area contributed by atoms with E-state index in [-0.39, 0.29) is 31.8 Å². The molecule has 0 aromatic heterocycles. The van der Waals surface area contributed by atoms with Crippen molar-refractivity contribution in [2.24, 2.45) is 0 Å². The molecule has 1 aliphatic rings. The van der Waals surface area contributed by atoms with Crippen molar-refractivity contribution in [2.75, 3.05) is 20.2 Å². The van der Waals surface area contributed by atoms with Gasteiger partial charge in [-0.2, -0.15) is 0 Å². The Bertz CT molecular complexity index is 549. The normalized spacial score (nSPS) is 17.1. The summed E-state index contributed by atoms with van der Waals surface area (Å²) in [6.07, 6.45) is 1.06. The fourth-order valence-electron chi connectivity index (χ4n) is 2.65. The number of methoxy groups -OCH3 is 1. The number of aryl methyl sites for hydroxylation is 1. The lowest BCUT2D eigenvalue weighted by Gasteiger charge is -2.35. The number of carbonyl (C=O) groups excluding carboxylic acids is 1. The Morgan fingerprint density at radius 1 is 1.27 bits per heavy atom. The summed E-state index contributed by atoms with van der Waals surface area (Å²) < 4.78 is 5.25. The number of carbonyl (C=O) groups is 2. The number of carboxylic acid groups (broad SMARTS) is 1. The van der Waals surface area contributed by atoms with E-state index >= 15 is 0 Å². The number of benzene rings is 1. The maximum Gasteiger partial charge on any atom is 0.335 e. The van der Waals surface area contributed by atoms with Gasteiger partial charge in [-0.3, -0.25) is 4.79 Å². The molecule has 1 aromatic rings. The van der Waals surface area contributed by atoms with Gasteiger partial charge in [0, 0.05) is 32.4 Å². The fraction of sp³-hybridized carbons (Fsp3) is 0.500. The molecule has 0 spiro atoms. The van der Waals surface area contributed by atoms with Crippen molar-refractivity contribution in [1.29, 1.82) is 0 Å². The van der Waals surface area contributed by atoms with Crippen LogP contribution in [-0.2, 0) is 16.0 Å². The molecular weight excluding hydrogens is 286 g/mol. The number of piperidine rings is 1. The van der Waals surface area contributed by atoms with Crippen LogP contribution in [0.1, 0.15) is 24.8 Å². The predicted octanol–water partition coefficient (Wildman–Crippen LogP) is 1.07. The second kappa shape index (κ2) is 6.79. The van der Waals surface area contributed by atoms with Gasteiger partial charge in [-0.15, -0.1) is 0 Å². The Kier molecular flexibility index (Phi) is 5.03. The van der Waals surface area contributed by atoms with Gasteiger partial charge in [-0.1, -0.05) is 18.2 Å². The minimum absolute atomic E-state index is 0.0293. The Hall–Kier alpha value is -2.08. The number of likely N-dealkylation sites (tertiary alicyclic amines) is 1. The number of carboxylic acids is 1. The number of rotatable bonds is 5. The third-order valence-corrected chi connectivity index (χ3v) is 4.14. The fourth-order valence-corrected chi connectivity index (χ4v) is 2.65. The number of para-hydroxylation sites is 1. The van der Waals surface area contributed by atoms with E-state index in [0.717, 1.165) is 11.3 Å². The quantitative estimate of drug-likeness (QED) is 0.849. The van der Waals surface area contributed by atoms with Gasteiger partial charge in [0.05, 0.1) is 7.11 Å². The predicted molar refractivity (Wildman–Crippen MR) is 79.7 cm³/mol. The highest BCUT2D eigenvalue weighted by Crippen LogP contribution is 2.24. The van der Waals surface area contributed by atoms with E-state index in [9.17, 15) is 14.7 Å². The van der Waals surface area contributed by atoms with Gasteiger partial charge in [0.25, 0.3) is 0 Å². The molecule has 2 rings (SSSR count). The summed E-state index contributed by atoms with van der Waals surface area (Å²) in [7, 11) is 1.60. The van der Waals surface area contributed by atoms with Crippen molar-refractivity contribution < 1.29 is 24.5 Å². The standard InChI is InChI=1S/C16H21NO5/c1-22-13-5-3-2-4-12(13)6-7-14(18)17-10-8-16(21,9-11-17)15(19)20/h2-5,21H,6-11H2,1H3,(H,19,20). The highest BCUT2D eigenvalue weighted by molar-refractivity contribution is 5.79. The summed E-state index contributed by atoms with van der Waals surface area (Å²) in [5.74, 6) is -0.485. The number of aliphatic hydroxyl groups is 1. The van der Waals surface area contributed by atoms with Gasteiger partial charge in [-0.25, -0.2) is 4.79 Å². The maximum absolute atomic E-state index is 12.2. The zero-order valence-electron chi connectivity index (χ0n) is 12.6. The van der Waals surface area contributed by atoms with Crippen LogP contribution in [0.2, 0.25) is 0 Å². The molecule has 0 bridgehead atoms. The molecule has 1 fully saturated rings. The molecule has 1 aliphatic heterocycles. The van der Waals surface area contributed by atoms with E-state index in [1.54, 1.807) is 12.0 Å². The molecule has 120 valence electrons. The van der Waals surface area contributed by atoms with Crippen LogP contribution in [0.3, 0.4) is 0 Å². The summed E-state index contributed by atoms with van der Waals surface area (Å²) in [6, 6.07) is 7.55. The number of hydrogen-bond acceptors (Lipinski definition) is 4. The number of nitrogens with zero attached hydrogens (tertiary/aromatic N) is 1. The van der Waals surface area contributed by atoms with Crippen molar-refractivity contribution in [1.82, 2.24) is 4.90 Å². The van der Waals surface area contributed by atoms with Gasteiger partial charge >= 0.3 is 5.97 Å². The first kappa shape index (κ1) is 16.3. The van der Waals surface area contributed by atoms with Crippen LogP contribution in [0.4, 0.5) is 0 Å². The second-order valence-electron chi connectivity index (χ2n) is 5.53. The van der Waals surface area contributed by atoms with E-state index in [1.807, 2.05) is 24.3 Å². The third kappa shape index (κ3) is 3.57. The lowest BCUT2D eigenvalue weighted by Crippen LogP contribution is -2.50. The molecule has 0 saturated carbocycles. The van der Waals surface area contributed by atoms with Gasteiger partial charge in [-0.05, 0) is 18.1 Å². The number of aliphatic carboxylic acids is 1. The molecule has 22 heavy (non-hydrogen) atoms. The average molecular weight is 307 g/mol. The van der Waals surface area contributed by atoms with Crippen LogP contribution >= 0.6 is 0 Å². The van der Waals surface area contributed by atoms with E-state index < -0.39 is 11.6 Å². The van der Waals surface area contributed by atoms with Gasteiger partial charge in [0.2, 0.25) is 5.91 Å². The molecule has 0 atom stereocenters. The van der Waals surface area contributed by atoms with E-state index in [1.165, 1.54) is 0 Å². The van der Waals surface area contributed by atoms with E-state index in [4.69, 9.17) is 9.84 Å². The third-order valence-electron chi connectivity index (χ3n) is 4.14. The molecular formula is C16H21NO5. The topological polar surface area (TPSA) is 87.1 Å². The Labute approximate surface area is 129 Å². The minimum Gasteiger partial charge on any atom is -0.496 e. The van der Waals surface area contributed by atoms with Crippen LogP contribution < -0.4 is 4.74 Å². The molecule has 2 N–H and O–H groups in total. The highest BCUT2D eigenvalue weighted by atomic mass is 16.5. The number of hydrogen-bond donors (Lipinski definition) is 2. The molecule has 0 unspecified atom stereocenters. The van der Waals surface area contributed by atoms with Crippen molar-refractivity contribution in [3.63, 3.8) is 0 Å². The van der Waals surface area contributed by atoms with Crippen LogP contribution in [0.25, 0.3) is 0 Å². The van der Waals surface area contributed by atoms with Crippen molar-refractivity contribution in [3.8, 4) is 5.75 Å². The summed E-state index contributed by atoms with van der Waals surface area (Å²) in [4.78, 5) is 24.8. The number of amides is 1. The van der Waals surface area contributed by atoms with Gasteiger partial charge in [0.15, 0.2) is 5.60 Å². The molecule has 0 radical (unpaired) electrons. The molecule has 6 nitrogen and oxygen atoms in total. The van der Waals surface area contributed by atoms with Crippen molar-refractivity contribution >= 4 is 11.9 Å². The molecule has 6 heteroatoms. The number of ether oxygens (including phenoxy) is 1. The van der Waals surface area contributed by atoms with Crippen LogP contribution in [0, 0.1) is 0 Å². The zero-order chi connectivity index (χ0) is 16.2. The monoisotopic (exact) mass is 307 g/mol. The first-order chi connectivity index (χ1) is 10.5. The second-order valence-corrected chi connectivity index (χ2v) is 5.53. The first-order valence-corrected chi connectivity index (χ1v) is 7.32. The van der Waals surface area contributed by atoms with Crippen molar-refractivity contribution in [2.45, 2.75) is 31.3 Å². The van der Waals surface area contributed by atoms with E-state index in [2.05, 4.69) is 0 Å². The lowest BCUT2D eigenvalue weighted by molar-refractivity contribution is -0.165. The Morgan fingerprint density at radius 3 is 2.50 bits per heavy atom. The van der Waals surface area contributed by atoms with Crippen LogP contribution in [0.15, 0.2) is 24.3 Å². The summed E-state index contributed by atoms with van der Waals surface area (Å²) in [5, 5.41) is 18.8. The molecule has 1 saturated heterocycles. The largest absolute Gasteiger partial charge is 0.496 e. The lowest BCUT2D eigenvalue weighted by atomic mass is 9.91. The van der Waals surface area contributed by atoms with Gasteiger partial charge in [0.1, 0.15) is 5.75 Å². The summed E-state index contributed by atoms with van der Waals surface area (Å²) in [5.41, 5.74) is -0.725. The molecule has 1 aromatic carbocycles. The van der Waals surface area contributed by atoms with Gasteiger partial charge < -0.3 is 19.8 Å². The molecule has 1 heterocycles. The smallest absolute Gasteiger partial charge is 0.335 e. The van der Waals surface area contributed by atoms with Crippen LogP contribution in [-0.4, -0.2) is 52.8 Å². The Morgan fingerprint density at radius 2 is 1.91 bits per heavy atom. The maximum atomic E-state index is 12.2. The van der Waals surface area contributed by atoms with Crippen molar-refractivity contribution in [3.05, 3.63) is 29.8 Å². The van der Waals surface area contributed by atoms with Crippen LogP contribution in [0.5, 0.6) is 5.75 Å². The SMILES string of the molecule is COc1ccccc1CCC(=O)N1CCC(O)(C(=O)O)CC1. The molecule has 0 aliphatic carbocycles. The zero-order valence-corrected chi connectivity index (χ0v) is 12.6. The first-order valence-electron chi connectivity index (χ1n) is 7.32. The minimum atomic E-state index is -1.70. The summed E-state index contributed by atoms with van der Waals surface area (Å²) in [6.45, 7) is 0.543. The average Bonchev–Trinajstić information content (AvgIpc) is 2.53. The highest BCUT2D eigenvalue weighted by Gasteiger charge is 2.40. The van der Waals surface area contributed by atoms with E-state index in [0.29, 0.717) is 12.8 Å². The Balaban J connectivity index is 1.88. The summed E-state index contributed by atoms with van der Waals surface area (Å²) >= 11 is 0. The molecule has 1 amide bonds.